The number of rotatable bonds is 9. The van der Waals surface area contributed by atoms with E-state index in [2.05, 4.69) is 25.2 Å². The van der Waals surface area contributed by atoms with Gasteiger partial charge in [-0.25, -0.2) is 0 Å². The lowest BCUT2D eigenvalue weighted by molar-refractivity contribution is 0.105. The molecule has 0 aliphatic rings. The number of nitrogens with one attached hydrogen (secondary N) is 1. The molecule has 1 aromatic carbocycles. The Hall–Kier alpha value is -1.22. The monoisotopic (exact) mass is 294 g/mol. The Bertz CT molecular complexity index is 417. The van der Waals surface area contributed by atoms with Crippen molar-refractivity contribution >= 4 is 11.8 Å². The molecule has 2 unspecified atom stereocenters. The number of aliphatic hydroxyl groups is 1. The van der Waals surface area contributed by atoms with Gasteiger partial charge in [0.05, 0.1) is 11.6 Å². The van der Waals surface area contributed by atoms with Crippen molar-refractivity contribution in [2.45, 2.75) is 26.0 Å². The fraction of sp³-hybridized carbons (Fsp3) is 0.533. The van der Waals surface area contributed by atoms with Crippen molar-refractivity contribution in [2.75, 3.05) is 24.7 Å². The van der Waals surface area contributed by atoms with Crippen LogP contribution in [-0.2, 0) is 0 Å². The number of benzene rings is 1. The third-order valence-corrected chi connectivity index (χ3v) is 3.84. The standard InChI is InChI=1S/C15H22N2O2S/c1-3-20-11-12(2)17-9-14(18)10-19-15-6-4-13(8-16)5-7-15/h4-7,12,14,17-18H,3,9-11H2,1-2H3. The van der Waals surface area contributed by atoms with Gasteiger partial charge in [-0.1, -0.05) is 6.92 Å². The van der Waals surface area contributed by atoms with E-state index < -0.39 is 6.10 Å². The van der Waals surface area contributed by atoms with Crippen LogP contribution in [0.3, 0.4) is 0 Å². The first-order chi connectivity index (χ1) is 9.65. The Morgan fingerprint density at radius 2 is 2.10 bits per heavy atom. The van der Waals surface area contributed by atoms with E-state index in [-0.39, 0.29) is 6.61 Å². The number of ether oxygens (including phenoxy) is 1. The largest absolute Gasteiger partial charge is 0.491 e. The van der Waals surface area contributed by atoms with Crippen LogP contribution in [0.2, 0.25) is 0 Å². The minimum Gasteiger partial charge on any atom is -0.491 e. The van der Waals surface area contributed by atoms with Gasteiger partial charge < -0.3 is 15.2 Å². The van der Waals surface area contributed by atoms with Crippen LogP contribution >= 0.6 is 11.8 Å². The molecule has 2 atom stereocenters. The minimum atomic E-state index is -0.542. The summed E-state index contributed by atoms with van der Waals surface area (Å²) >= 11 is 1.88. The second kappa shape index (κ2) is 9.65. The zero-order valence-electron chi connectivity index (χ0n) is 12.0. The number of hydrogen-bond donors (Lipinski definition) is 2. The summed E-state index contributed by atoms with van der Waals surface area (Å²) in [5, 5.41) is 21.8. The maximum Gasteiger partial charge on any atom is 0.119 e. The first-order valence-corrected chi connectivity index (χ1v) is 7.93. The third-order valence-electron chi connectivity index (χ3n) is 2.70. The molecule has 0 bridgehead atoms. The number of aliphatic hydroxyl groups excluding tert-OH is 1. The van der Waals surface area contributed by atoms with E-state index in [4.69, 9.17) is 10.00 Å². The molecule has 1 rings (SSSR count). The molecule has 0 amide bonds. The lowest BCUT2D eigenvalue weighted by Crippen LogP contribution is -2.37. The van der Waals surface area contributed by atoms with Crippen molar-refractivity contribution in [3.63, 3.8) is 0 Å². The van der Waals surface area contributed by atoms with Crippen LogP contribution in [0.4, 0.5) is 0 Å². The molecule has 20 heavy (non-hydrogen) atoms. The fourth-order valence-electron chi connectivity index (χ4n) is 1.57. The molecule has 0 saturated carbocycles. The molecular weight excluding hydrogens is 272 g/mol. The zero-order valence-corrected chi connectivity index (χ0v) is 12.8. The van der Waals surface area contributed by atoms with Crippen molar-refractivity contribution in [1.29, 1.82) is 5.26 Å². The van der Waals surface area contributed by atoms with Gasteiger partial charge in [0.25, 0.3) is 0 Å². The number of hydrogen-bond acceptors (Lipinski definition) is 5. The Morgan fingerprint density at radius 3 is 2.70 bits per heavy atom. The summed E-state index contributed by atoms with van der Waals surface area (Å²) in [5.74, 6) is 2.81. The second-order valence-electron chi connectivity index (χ2n) is 4.57. The summed E-state index contributed by atoms with van der Waals surface area (Å²) in [6, 6.07) is 9.30. The summed E-state index contributed by atoms with van der Waals surface area (Å²) in [4.78, 5) is 0. The lowest BCUT2D eigenvalue weighted by atomic mass is 10.2. The highest BCUT2D eigenvalue weighted by atomic mass is 32.2. The van der Waals surface area contributed by atoms with Crippen molar-refractivity contribution in [3.05, 3.63) is 29.8 Å². The number of nitrogens with zero attached hydrogens (tertiary/aromatic N) is 1. The van der Waals surface area contributed by atoms with Gasteiger partial charge in [-0.3, -0.25) is 0 Å². The van der Waals surface area contributed by atoms with E-state index in [9.17, 15) is 5.11 Å². The van der Waals surface area contributed by atoms with Gasteiger partial charge >= 0.3 is 0 Å². The first kappa shape index (κ1) is 16.8. The van der Waals surface area contributed by atoms with Crippen LogP contribution in [0, 0.1) is 11.3 Å². The van der Waals surface area contributed by atoms with Crippen LogP contribution in [0.25, 0.3) is 0 Å². The van der Waals surface area contributed by atoms with Crippen molar-refractivity contribution in [2.24, 2.45) is 0 Å². The summed E-state index contributed by atoms with van der Waals surface area (Å²) < 4.78 is 5.48. The van der Waals surface area contributed by atoms with E-state index >= 15 is 0 Å². The molecule has 0 fully saturated rings. The molecule has 4 nitrogen and oxygen atoms in total. The van der Waals surface area contributed by atoms with Gasteiger partial charge in [0.1, 0.15) is 18.5 Å². The number of thioether (sulfide) groups is 1. The molecule has 0 aliphatic heterocycles. The molecule has 0 radical (unpaired) electrons. The Labute approximate surface area is 125 Å². The van der Waals surface area contributed by atoms with Gasteiger partial charge in [-0.15, -0.1) is 0 Å². The van der Waals surface area contributed by atoms with Gasteiger partial charge in [-0.05, 0) is 36.9 Å². The predicted molar refractivity (Wildman–Crippen MR) is 83.1 cm³/mol. The summed E-state index contributed by atoms with van der Waals surface area (Å²) in [5.41, 5.74) is 0.599. The van der Waals surface area contributed by atoms with Crippen molar-refractivity contribution in [3.8, 4) is 11.8 Å². The Kier molecular flexibility index (Phi) is 8.12. The van der Waals surface area contributed by atoms with E-state index in [1.165, 1.54) is 0 Å². The molecule has 0 heterocycles. The fourth-order valence-corrected chi connectivity index (χ4v) is 2.27. The highest BCUT2D eigenvalue weighted by molar-refractivity contribution is 7.99. The normalized spacial score (nSPS) is 13.5. The van der Waals surface area contributed by atoms with Gasteiger partial charge in [0.2, 0.25) is 0 Å². The van der Waals surface area contributed by atoms with E-state index in [0.29, 0.717) is 23.9 Å². The van der Waals surface area contributed by atoms with Crippen LogP contribution in [-0.4, -0.2) is 41.9 Å². The average molecular weight is 294 g/mol. The molecular formula is C15H22N2O2S. The average Bonchev–Trinajstić information content (AvgIpc) is 2.49. The van der Waals surface area contributed by atoms with Crippen molar-refractivity contribution in [1.82, 2.24) is 5.32 Å². The maximum absolute atomic E-state index is 9.84. The molecule has 2 N–H and O–H groups in total. The van der Waals surface area contributed by atoms with Gasteiger partial charge in [0.15, 0.2) is 0 Å². The quantitative estimate of drug-likeness (QED) is 0.729. The van der Waals surface area contributed by atoms with E-state index in [1.54, 1.807) is 24.3 Å². The highest BCUT2D eigenvalue weighted by Crippen LogP contribution is 2.11. The molecule has 0 aliphatic carbocycles. The number of nitriles is 1. The summed E-state index contributed by atoms with van der Waals surface area (Å²) in [7, 11) is 0. The predicted octanol–water partition coefficient (Wildman–Crippen LogP) is 2.03. The second-order valence-corrected chi connectivity index (χ2v) is 5.89. The summed E-state index contributed by atoms with van der Waals surface area (Å²) in [6.45, 7) is 5.00. The third kappa shape index (κ3) is 6.80. The highest BCUT2D eigenvalue weighted by Gasteiger charge is 2.08. The van der Waals surface area contributed by atoms with Gasteiger partial charge in [0, 0.05) is 18.3 Å². The smallest absolute Gasteiger partial charge is 0.119 e. The molecule has 0 saturated heterocycles. The molecule has 5 heteroatoms. The Morgan fingerprint density at radius 1 is 1.40 bits per heavy atom. The molecule has 0 spiro atoms. The topological polar surface area (TPSA) is 65.3 Å². The lowest BCUT2D eigenvalue weighted by Gasteiger charge is -2.17. The SMILES string of the molecule is CCSCC(C)NCC(O)COc1ccc(C#N)cc1. The molecule has 110 valence electrons. The molecule has 1 aromatic rings. The van der Waals surface area contributed by atoms with E-state index in [0.717, 1.165) is 11.5 Å². The first-order valence-electron chi connectivity index (χ1n) is 6.77. The summed E-state index contributed by atoms with van der Waals surface area (Å²) in [6.07, 6.45) is -0.542. The van der Waals surface area contributed by atoms with Crippen LogP contribution in [0.15, 0.2) is 24.3 Å². The van der Waals surface area contributed by atoms with Gasteiger partial charge in [-0.2, -0.15) is 17.0 Å². The van der Waals surface area contributed by atoms with Crippen molar-refractivity contribution < 1.29 is 9.84 Å². The van der Waals surface area contributed by atoms with Crippen LogP contribution < -0.4 is 10.1 Å². The van der Waals surface area contributed by atoms with E-state index in [1.807, 2.05) is 11.8 Å². The van der Waals surface area contributed by atoms with Crippen LogP contribution in [0.5, 0.6) is 5.75 Å². The zero-order chi connectivity index (χ0) is 14.8. The molecule has 0 aromatic heterocycles. The maximum atomic E-state index is 9.84. The van der Waals surface area contributed by atoms with Crippen LogP contribution in [0.1, 0.15) is 19.4 Å². The Balaban J connectivity index is 2.22. The minimum absolute atomic E-state index is 0.243.